The van der Waals surface area contributed by atoms with Gasteiger partial charge in [-0.1, -0.05) is 36.4 Å². The smallest absolute Gasteiger partial charge is 0.294 e. The van der Waals surface area contributed by atoms with Gasteiger partial charge >= 0.3 is 6.18 Å². The summed E-state index contributed by atoms with van der Waals surface area (Å²) in [6.45, 7) is 1.10. The molecule has 22 heavy (non-hydrogen) atoms. The first-order valence-electron chi connectivity index (χ1n) is 6.54. The summed E-state index contributed by atoms with van der Waals surface area (Å²) < 4.78 is 40.9. The minimum Gasteiger partial charge on any atom is -0.294 e. The maximum atomic E-state index is 13.4. The van der Waals surface area contributed by atoms with E-state index in [1.54, 1.807) is 30.3 Å². The van der Waals surface area contributed by atoms with Gasteiger partial charge in [0.05, 0.1) is 17.4 Å². The van der Waals surface area contributed by atoms with Gasteiger partial charge in [0.15, 0.2) is 11.5 Å². The third-order valence-corrected chi connectivity index (χ3v) is 3.41. The second kappa shape index (κ2) is 4.98. The number of nitrogens with zero attached hydrogens (tertiary/aromatic N) is 2. The van der Waals surface area contributed by atoms with E-state index >= 15 is 0 Å². The van der Waals surface area contributed by atoms with Crippen LogP contribution >= 0.6 is 0 Å². The molecule has 0 atom stereocenters. The van der Waals surface area contributed by atoms with Crippen LogP contribution in [0.5, 0.6) is 0 Å². The second-order valence-corrected chi connectivity index (χ2v) is 4.87. The molecule has 0 amide bonds. The molecule has 112 valence electrons. The lowest BCUT2D eigenvalue weighted by molar-refractivity contribution is -0.143. The predicted molar refractivity (Wildman–Crippen MR) is 76.1 cm³/mol. The number of halogens is 3. The number of carbonyl (C=O) groups is 1. The number of carbonyl (C=O) groups excluding carboxylic acids is 1. The van der Waals surface area contributed by atoms with Gasteiger partial charge in [-0.15, -0.1) is 0 Å². The van der Waals surface area contributed by atoms with Crippen molar-refractivity contribution in [1.29, 1.82) is 0 Å². The Morgan fingerprint density at radius 2 is 1.77 bits per heavy atom. The van der Waals surface area contributed by atoms with Crippen molar-refractivity contribution in [3.05, 3.63) is 59.9 Å². The lowest BCUT2D eigenvalue weighted by Gasteiger charge is -2.13. The normalized spacial score (nSPS) is 11.8. The minimum atomic E-state index is -4.67. The molecular weight excluding hydrogens is 293 g/mol. The highest BCUT2D eigenvalue weighted by atomic mass is 19.4. The van der Waals surface area contributed by atoms with Crippen LogP contribution in [0.25, 0.3) is 16.5 Å². The minimum absolute atomic E-state index is 0.290. The molecule has 1 heterocycles. The third kappa shape index (κ3) is 2.26. The van der Waals surface area contributed by atoms with Crippen molar-refractivity contribution >= 4 is 16.6 Å². The van der Waals surface area contributed by atoms with Crippen molar-refractivity contribution in [2.45, 2.75) is 13.1 Å². The zero-order chi connectivity index (χ0) is 15.9. The van der Waals surface area contributed by atoms with Gasteiger partial charge in [-0.3, -0.25) is 4.79 Å². The topological polar surface area (TPSA) is 34.9 Å². The molecule has 2 aromatic carbocycles. The highest BCUT2D eigenvalue weighted by molar-refractivity contribution is 5.96. The molecule has 0 bridgehead atoms. The molecule has 3 aromatic rings. The summed E-state index contributed by atoms with van der Waals surface area (Å²) in [6.07, 6.45) is -3.71. The van der Waals surface area contributed by atoms with E-state index in [4.69, 9.17) is 0 Å². The Kier molecular flexibility index (Phi) is 3.24. The fourth-order valence-electron chi connectivity index (χ4n) is 2.45. The summed E-state index contributed by atoms with van der Waals surface area (Å²) in [4.78, 5) is 11.5. The van der Waals surface area contributed by atoms with Crippen LogP contribution in [0.1, 0.15) is 23.0 Å². The van der Waals surface area contributed by atoms with Crippen molar-refractivity contribution in [1.82, 2.24) is 9.78 Å². The molecule has 0 N–H and O–H groups in total. The van der Waals surface area contributed by atoms with Crippen LogP contribution in [0.3, 0.4) is 0 Å². The zero-order valence-corrected chi connectivity index (χ0v) is 11.6. The molecule has 0 aliphatic carbocycles. The lowest BCUT2D eigenvalue weighted by atomic mass is 10.1. The fourth-order valence-corrected chi connectivity index (χ4v) is 2.45. The van der Waals surface area contributed by atoms with Crippen LogP contribution < -0.4 is 0 Å². The van der Waals surface area contributed by atoms with E-state index in [2.05, 4.69) is 5.10 Å². The van der Waals surface area contributed by atoms with Gasteiger partial charge in [-0.2, -0.15) is 18.3 Å². The van der Waals surface area contributed by atoms with Gasteiger partial charge in [-0.05, 0) is 18.4 Å². The van der Waals surface area contributed by atoms with Crippen molar-refractivity contribution in [3.8, 4) is 5.69 Å². The van der Waals surface area contributed by atoms with Crippen molar-refractivity contribution in [2.75, 3.05) is 0 Å². The number of fused-ring (bicyclic) bond motifs is 1. The van der Waals surface area contributed by atoms with E-state index < -0.39 is 23.2 Å². The average molecular weight is 304 g/mol. The summed E-state index contributed by atoms with van der Waals surface area (Å²) in [7, 11) is 0. The lowest BCUT2D eigenvalue weighted by Crippen LogP contribution is -2.17. The van der Waals surface area contributed by atoms with Crippen molar-refractivity contribution < 1.29 is 18.0 Å². The van der Waals surface area contributed by atoms with Crippen molar-refractivity contribution in [2.24, 2.45) is 0 Å². The first-order chi connectivity index (χ1) is 10.4. The van der Waals surface area contributed by atoms with Gasteiger partial charge in [0.2, 0.25) is 0 Å². The third-order valence-electron chi connectivity index (χ3n) is 3.41. The molecule has 0 saturated heterocycles. The van der Waals surface area contributed by atoms with Crippen LogP contribution in [0.2, 0.25) is 0 Å². The summed E-state index contributed by atoms with van der Waals surface area (Å²) >= 11 is 0. The Balaban J connectivity index is 2.35. The number of ketones is 1. The van der Waals surface area contributed by atoms with Crippen LogP contribution in [-0.4, -0.2) is 15.6 Å². The number of alkyl halides is 3. The molecule has 0 saturated carbocycles. The predicted octanol–water partition coefficient (Wildman–Crippen LogP) is 4.25. The van der Waals surface area contributed by atoms with Gasteiger partial charge < -0.3 is 0 Å². The quantitative estimate of drug-likeness (QED) is 0.663. The number of hydrogen-bond acceptors (Lipinski definition) is 2. The second-order valence-electron chi connectivity index (χ2n) is 4.87. The molecule has 6 heteroatoms. The number of aromatic nitrogens is 2. The number of hydrogen-bond donors (Lipinski definition) is 0. The molecular formula is C16H11F3N2O. The number of rotatable bonds is 2. The summed E-state index contributed by atoms with van der Waals surface area (Å²) in [5.74, 6) is -0.668. The average Bonchev–Trinajstić information content (AvgIpc) is 2.91. The molecule has 3 nitrogen and oxygen atoms in total. The first kappa shape index (κ1) is 14.3. The van der Waals surface area contributed by atoms with Crippen LogP contribution in [-0.2, 0) is 6.18 Å². The number of Topliss-reactive ketones (excluding diaryl/α,β-unsaturated/α-hetero) is 1. The van der Waals surface area contributed by atoms with E-state index in [1.807, 2.05) is 12.1 Å². The highest BCUT2D eigenvalue weighted by Gasteiger charge is 2.39. The van der Waals surface area contributed by atoms with Crippen molar-refractivity contribution in [3.63, 3.8) is 0 Å². The monoisotopic (exact) mass is 304 g/mol. The molecule has 0 fully saturated rings. The maximum absolute atomic E-state index is 13.4. The summed E-state index contributed by atoms with van der Waals surface area (Å²) in [5, 5.41) is 5.23. The summed E-state index contributed by atoms with van der Waals surface area (Å²) in [5.41, 5.74) is -1.19. The Bertz CT molecular complexity index is 860. The van der Waals surface area contributed by atoms with Gasteiger partial charge in [0.25, 0.3) is 0 Å². The van der Waals surface area contributed by atoms with Gasteiger partial charge in [0, 0.05) is 5.39 Å². The Labute approximate surface area is 124 Å². The molecule has 0 spiro atoms. The standard InChI is InChI=1S/C16H11F3N2O/c1-10(22)13-9-20-21(15(13)16(17,18)19)14-8-4-6-11-5-2-3-7-12(11)14/h2-9H,1H3. The van der Waals surface area contributed by atoms with E-state index in [0.29, 0.717) is 5.39 Å². The van der Waals surface area contributed by atoms with E-state index in [-0.39, 0.29) is 5.69 Å². The molecule has 0 unspecified atom stereocenters. The molecule has 0 aliphatic heterocycles. The maximum Gasteiger partial charge on any atom is 0.434 e. The van der Waals surface area contributed by atoms with E-state index in [1.165, 1.54) is 0 Å². The van der Waals surface area contributed by atoms with Gasteiger partial charge in [0.1, 0.15) is 0 Å². The fraction of sp³-hybridized carbons (Fsp3) is 0.125. The van der Waals surface area contributed by atoms with E-state index in [0.717, 1.165) is 23.2 Å². The molecule has 0 aliphatic rings. The number of benzene rings is 2. The Hall–Kier alpha value is -2.63. The molecule has 1 aromatic heterocycles. The van der Waals surface area contributed by atoms with Gasteiger partial charge in [-0.25, -0.2) is 4.68 Å². The Morgan fingerprint density at radius 1 is 1.09 bits per heavy atom. The molecule has 3 rings (SSSR count). The highest BCUT2D eigenvalue weighted by Crippen LogP contribution is 2.35. The first-order valence-corrected chi connectivity index (χ1v) is 6.54. The Morgan fingerprint density at radius 3 is 2.45 bits per heavy atom. The molecule has 0 radical (unpaired) electrons. The van der Waals surface area contributed by atoms with Crippen LogP contribution in [0.15, 0.2) is 48.7 Å². The zero-order valence-electron chi connectivity index (χ0n) is 11.6. The van der Waals surface area contributed by atoms with Crippen LogP contribution in [0.4, 0.5) is 13.2 Å². The summed E-state index contributed by atoms with van der Waals surface area (Å²) in [6, 6.07) is 12.1. The SMILES string of the molecule is CC(=O)c1cnn(-c2cccc3ccccc23)c1C(F)(F)F. The van der Waals surface area contributed by atoms with E-state index in [9.17, 15) is 18.0 Å². The van der Waals surface area contributed by atoms with Crippen LogP contribution in [0, 0.1) is 0 Å². The largest absolute Gasteiger partial charge is 0.434 e.